The molecule has 2 aliphatic heterocycles. The van der Waals surface area contributed by atoms with E-state index in [0.29, 0.717) is 66.9 Å². The molecule has 0 radical (unpaired) electrons. The Morgan fingerprint density at radius 1 is 0.514 bits per heavy atom. The molecule has 2 saturated heterocycles. The van der Waals surface area contributed by atoms with Crippen molar-refractivity contribution in [3.63, 3.8) is 0 Å². The summed E-state index contributed by atoms with van der Waals surface area (Å²) in [7, 11) is 0. The fourth-order valence-electron chi connectivity index (χ4n) is 12.9. The number of rotatable bonds is 28. The zero-order valence-electron chi connectivity index (χ0n) is 60.5. The lowest BCUT2D eigenvalue weighted by Gasteiger charge is -2.30. The Morgan fingerprint density at radius 2 is 0.916 bits per heavy atom. The number of halogens is 16. The van der Waals surface area contributed by atoms with Gasteiger partial charge >= 0.3 is 42.6 Å². The van der Waals surface area contributed by atoms with Crippen LogP contribution in [-0.4, -0.2) is 100 Å². The monoisotopic (exact) mass is 1550 g/mol. The van der Waals surface area contributed by atoms with E-state index in [1.165, 1.54) is 52.0 Å². The van der Waals surface area contributed by atoms with Gasteiger partial charge in [0.25, 0.3) is 11.1 Å². The van der Waals surface area contributed by atoms with E-state index < -0.39 is 171 Å². The lowest BCUT2D eigenvalue weighted by molar-refractivity contribution is -0.144. The summed E-state index contributed by atoms with van der Waals surface area (Å²) >= 11 is 0. The third-order valence-corrected chi connectivity index (χ3v) is 18.3. The number of nitrogens with two attached hydrogens (primary N) is 1. The standard InChI is InChI=1S/C39H44F8N2O4.C19H18F5NO2.C18H25F3N2O3.H2S/c1-6-53-33(52)18-26(35-36(40)27(19-29(37(35)41)39(45,46)47)34-23(4)10-7-11-24(34)5)17-31(50)30(16-22(2)3)49-21-25(12-8-13-48-14-9-15-48)28(20-32(49)51)38(42,43)44;1-3-27-15(26)9-14(25)16-17(20)12(11-7-5-4-6-10(11)2)8-13(18(16)21)19(22,23)24;1-12(2)9-15(17(25)26)23-11-13(5-3-6-22-7-4-8-22)14(10-16(23)24)18(19,20)21;/h7,10-11,19-22,26,30H,6,8-9,12-18H2,1-5H3;4-8,14H,3,9,25H2,1-2H3;10-12,15H,3-9H2,1-2H3,(H,25,26);1H2/t26-,30?;14-;;/m00../s1. The Bertz CT molecular complexity index is 4180. The number of benzene rings is 4. The molecule has 0 saturated carbocycles. The van der Waals surface area contributed by atoms with Gasteiger partial charge in [-0.15, -0.1) is 0 Å². The zero-order chi connectivity index (χ0) is 79.2. The van der Waals surface area contributed by atoms with Crippen LogP contribution in [0.4, 0.5) is 70.2 Å². The van der Waals surface area contributed by atoms with Gasteiger partial charge in [-0.05, 0) is 188 Å². The number of nitrogens with zero attached hydrogens (tertiary/aromatic N) is 4. The number of carbonyl (C=O) groups is 4. The number of hydrogen-bond donors (Lipinski definition) is 2. The lowest BCUT2D eigenvalue weighted by atomic mass is 9.83. The Kier molecular flexibility index (Phi) is 32.1. The maximum Gasteiger partial charge on any atom is 0.419 e. The van der Waals surface area contributed by atoms with Crippen LogP contribution >= 0.6 is 13.5 Å². The summed E-state index contributed by atoms with van der Waals surface area (Å²) in [5, 5.41) is 9.42. The molecule has 2 fully saturated rings. The SMILES string of the molecule is CC(C)CC(C(=O)O)n1cc(CCCN2CCC2)c(C(F)(F)F)cc1=O.CCOC(=O)C[C@H](CC(=O)C(CC(C)C)n1cc(CCCN2CCC2)c(C(F)(F)F)cc1=O)c1c(F)c(-c2c(C)cccc2C)cc(C(F)(F)F)c1F.CCOC(=O)C[C@H](N)c1c(F)c(-c2ccccc2C)cc(C(F)(F)F)c1F.S. The molecule has 2 unspecified atom stereocenters. The number of aryl methyl sites for hydroxylation is 5. The number of esters is 2. The van der Waals surface area contributed by atoms with Gasteiger partial charge < -0.3 is 39.2 Å². The average molecular weight is 1550 g/mol. The summed E-state index contributed by atoms with van der Waals surface area (Å²) in [4.78, 5) is 80.0. The Balaban J connectivity index is 0.000000318. The maximum atomic E-state index is 16.7. The molecule has 4 atom stereocenters. The molecule has 8 rings (SSSR count). The van der Waals surface area contributed by atoms with E-state index in [1.54, 1.807) is 52.8 Å². The van der Waals surface area contributed by atoms with Gasteiger partial charge in [-0.2, -0.15) is 66.2 Å². The fraction of sp³-hybridized carbons (Fsp3) is 0.500. The average Bonchev–Trinajstić information content (AvgIpc) is 0.766. The first kappa shape index (κ1) is 89.6. The van der Waals surface area contributed by atoms with Crippen molar-refractivity contribution in [1.29, 1.82) is 0 Å². The van der Waals surface area contributed by atoms with Crippen LogP contribution in [0.15, 0.2) is 88.7 Å². The summed E-state index contributed by atoms with van der Waals surface area (Å²) in [5.41, 5.74) is -3.90. The molecule has 2 aliphatic rings. The van der Waals surface area contributed by atoms with Gasteiger partial charge in [0.15, 0.2) is 5.78 Å². The minimum atomic E-state index is -5.31. The highest BCUT2D eigenvalue weighted by Crippen LogP contribution is 2.46. The molecule has 0 aliphatic carbocycles. The molecule has 2 aromatic heterocycles. The number of carbonyl (C=O) groups excluding carboxylic acids is 3. The van der Waals surface area contributed by atoms with Crippen LogP contribution < -0.4 is 16.9 Å². The third kappa shape index (κ3) is 23.7. The number of hydrogen-bond acceptors (Lipinski definition) is 11. The zero-order valence-corrected chi connectivity index (χ0v) is 61.5. The molecule has 0 spiro atoms. The highest BCUT2D eigenvalue weighted by atomic mass is 32.1. The molecular formula is C76H89F16N5O9S. The Hall–Kier alpha value is -8.03. The molecule has 6 aromatic rings. The van der Waals surface area contributed by atoms with Crippen molar-refractivity contribution < 1.29 is 104 Å². The van der Waals surface area contributed by atoms with E-state index >= 15 is 13.2 Å². The van der Waals surface area contributed by atoms with E-state index in [-0.39, 0.29) is 86.5 Å². The number of aromatic nitrogens is 2. The largest absolute Gasteiger partial charge is 0.480 e. The van der Waals surface area contributed by atoms with E-state index in [0.717, 1.165) is 60.5 Å². The lowest BCUT2D eigenvalue weighted by Crippen LogP contribution is -2.38. The van der Waals surface area contributed by atoms with Crippen LogP contribution in [-0.2, 0) is 66.2 Å². The second-order valence-electron chi connectivity index (χ2n) is 27.2. The van der Waals surface area contributed by atoms with Crippen molar-refractivity contribution >= 4 is 37.2 Å². The highest BCUT2D eigenvalue weighted by Gasteiger charge is 2.43. The molecule has 0 amide bonds. The van der Waals surface area contributed by atoms with Gasteiger partial charge in [0.05, 0.1) is 54.4 Å². The molecule has 14 nitrogen and oxygen atoms in total. The van der Waals surface area contributed by atoms with Crippen molar-refractivity contribution in [2.75, 3.05) is 52.5 Å². The molecule has 590 valence electrons. The smallest absolute Gasteiger partial charge is 0.419 e. The van der Waals surface area contributed by atoms with Crippen LogP contribution in [0.3, 0.4) is 0 Å². The van der Waals surface area contributed by atoms with Crippen molar-refractivity contribution in [3.8, 4) is 22.3 Å². The van der Waals surface area contributed by atoms with E-state index in [2.05, 4.69) is 14.5 Å². The molecule has 3 N–H and O–H groups in total. The van der Waals surface area contributed by atoms with Crippen LogP contribution in [0.2, 0.25) is 0 Å². The number of ether oxygens (including phenoxy) is 2. The van der Waals surface area contributed by atoms with Gasteiger partial charge in [0.1, 0.15) is 29.3 Å². The van der Waals surface area contributed by atoms with Crippen molar-refractivity contribution in [1.82, 2.24) is 18.9 Å². The Morgan fingerprint density at radius 3 is 1.33 bits per heavy atom. The number of pyridine rings is 2. The number of carboxylic acids is 1. The van der Waals surface area contributed by atoms with Gasteiger partial charge in [-0.25, -0.2) is 22.4 Å². The van der Waals surface area contributed by atoms with Crippen LogP contribution in [0.1, 0.15) is 185 Å². The van der Waals surface area contributed by atoms with Crippen molar-refractivity contribution in [3.05, 3.63) is 184 Å². The van der Waals surface area contributed by atoms with E-state index in [4.69, 9.17) is 10.5 Å². The fourth-order valence-corrected chi connectivity index (χ4v) is 12.9. The number of alkyl halides is 12. The first-order valence-electron chi connectivity index (χ1n) is 34.6. The quantitative estimate of drug-likeness (QED) is 0.0351. The minimum absolute atomic E-state index is 0. The maximum absolute atomic E-state index is 16.7. The van der Waals surface area contributed by atoms with E-state index in [9.17, 15) is 90.9 Å². The molecule has 31 heteroatoms. The number of Topliss-reactive ketones (excluding diaryl/α,β-unsaturated/α-hetero) is 1. The Labute approximate surface area is 616 Å². The summed E-state index contributed by atoms with van der Waals surface area (Å²) in [6.07, 6.45) is -17.2. The minimum Gasteiger partial charge on any atom is -0.480 e. The summed E-state index contributed by atoms with van der Waals surface area (Å²) in [6, 6.07) is 8.32. The molecule has 107 heavy (non-hydrogen) atoms. The van der Waals surface area contributed by atoms with Crippen LogP contribution in [0, 0.1) is 55.9 Å². The number of aliphatic carboxylic acids is 1. The topological polar surface area (TPSA) is 183 Å². The van der Waals surface area contributed by atoms with Gasteiger partial charge in [-0.3, -0.25) is 24.0 Å². The van der Waals surface area contributed by atoms with E-state index in [1.807, 2.05) is 0 Å². The number of carboxylic acid groups (broad SMARTS) is 1. The molecule has 0 bridgehead atoms. The molecule has 4 aromatic carbocycles. The third-order valence-electron chi connectivity index (χ3n) is 18.3. The predicted molar refractivity (Wildman–Crippen MR) is 375 cm³/mol. The number of likely N-dealkylation sites (tertiary alicyclic amines) is 2. The molecule has 4 heterocycles. The summed E-state index contributed by atoms with van der Waals surface area (Å²) in [5.74, 6) is -12.7. The summed E-state index contributed by atoms with van der Waals surface area (Å²) < 4.78 is 239. The second-order valence-corrected chi connectivity index (χ2v) is 27.2. The highest BCUT2D eigenvalue weighted by molar-refractivity contribution is 7.59. The van der Waals surface area contributed by atoms with Crippen molar-refractivity contribution in [2.24, 2.45) is 17.6 Å². The molecular weight excluding hydrogens is 1460 g/mol. The first-order chi connectivity index (χ1) is 49.4. The van der Waals surface area contributed by atoms with Crippen molar-refractivity contribution in [2.45, 2.75) is 182 Å². The predicted octanol–water partition coefficient (Wildman–Crippen LogP) is 17.6. The second kappa shape index (κ2) is 38.4. The van der Waals surface area contributed by atoms with Crippen LogP contribution in [0.5, 0.6) is 0 Å². The van der Waals surface area contributed by atoms with Gasteiger partial charge in [-0.1, -0.05) is 70.2 Å². The number of ketones is 1. The first-order valence-corrected chi connectivity index (χ1v) is 34.6. The summed E-state index contributed by atoms with van der Waals surface area (Å²) in [6.45, 7) is 19.2. The van der Waals surface area contributed by atoms with Gasteiger partial charge in [0.2, 0.25) is 0 Å². The van der Waals surface area contributed by atoms with Crippen LogP contribution in [0.25, 0.3) is 22.3 Å². The van der Waals surface area contributed by atoms with Gasteiger partial charge in [0, 0.05) is 65.2 Å². The normalized spacial score (nSPS) is 14.7.